The summed E-state index contributed by atoms with van der Waals surface area (Å²) in [5, 5.41) is 11.6. The van der Waals surface area contributed by atoms with Gasteiger partial charge in [-0.25, -0.2) is 0 Å². The molecule has 1 aromatic carbocycles. The van der Waals surface area contributed by atoms with E-state index in [1.165, 1.54) is 12.8 Å². The van der Waals surface area contributed by atoms with Crippen molar-refractivity contribution in [1.82, 2.24) is 4.90 Å². The van der Waals surface area contributed by atoms with Crippen LogP contribution in [0, 0.1) is 17.2 Å². The molecule has 106 valence electrons. The number of nitriles is 1. The first kappa shape index (κ1) is 14.5. The van der Waals surface area contributed by atoms with Crippen LogP contribution in [-0.4, -0.2) is 30.9 Å². The Bertz CT molecular complexity index is 485. The summed E-state index contributed by atoms with van der Waals surface area (Å²) in [6.07, 6.45) is 4.15. The summed E-state index contributed by atoms with van der Waals surface area (Å²) < 4.78 is 0. The fraction of sp³-hybridized carbons (Fsp3) is 0.500. The van der Waals surface area contributed by atoms with Gasteiger partial charge in [-0.3, -0.25) is 4.79 Å². The Balaban J connectivity index is 1.65. The van der Waals surface area contributed by atoms with Crippen LogP contribution in [0.2, 0.25) is 0 Å². The smallest absolute Gasteiger partial charge is 0.224 e. The molecule has 0 spiro atoms. The van der Waals surface area contributed by atoms with Gasteiger partial charge in [0.15, 0.2) is 0 Å². The molecule has 1 amide bonds. The van der Waals surface area contributed by atoms with Crippen LogP contribution in [0.15, 0.2) is 24.3 Å². The van der Waals surface area contributed by atoms with Gasteiger partial charge in [-0.15, -0.1) is 0 Å². The average molecular weight is 271 g/mol. The maximum Gasteiger partial charge on any atom is 0.224 e. The van der Waals surface area contributed by atoms with Gasteiger partial charge in [-0.1, -0.05) is 0 Å². The molecule has 0 bridgehead atoms. The van der Waals surface area contributed by atoms with Gasteiger partial charge in [0, 0.05) is 18.7 Å². The molecule has 1 fully saturated rings. The molecule has 0 aromatic heterocycles. The Morgan fingerprint density at radius 1 is 1.40 bits per heavy atom. The minimum Gasteiger partial charge on any atom is -0.326 e. The normalized spacial score (nSPS) is 14.1. The van der Waals surface area contributed by atoms with Crippen molar-refractivity contribution in [1.29, 1.82) is 5.26 Å². The van der Waals surface area contributed by atoms with E-state index >= 15 is 0 Å². The monoisotopic (exact) mass is 271 g/mol. The number of nitrogens with one attached hydrogen (secondary N) is 1. The third kappa shape index (κ3) is 5.02. The van der Waals surface area contributed by atoms with E-state index in [4.69, 9.17) is 5.26 Å². The third-order valence-electron chi connectivity index (χ3n) is 3.51. The van der Waals surface area contributed by atoms with Gasteiger partial charge in [-0.05, 0) is 63.0 Å². The first-order valence-corrected chi connectivity index (χ1v) is 7.16. The summed E-state index contributed by atoms with van der Waals surface area (Å²) in [5.41, 5.74) is 1.35. The first-order valence-electron chi connectivity index (χ1n) is 7.16. The highest BCUT2D eigenvalue weighted by Gasteiger charge is 2.22. The lowest BCUT2D eigenvalue weighted by molar-refractivity contribution is -0.116. The molecular formula is C16H21N3O. The van der Waals surface area contributed by atoms with Crippen molar-refractivity contribution >= 4 is 11.6 Å². The van der Waals surface area contributed by atoms with Gasteiger partial charge >= 0.3 is 0 Å². The molecule has 4 heteroatoms. The Labute approximate surface area is 120 Å². The predicted molar refractivity (Wildman–Crippen MR) is 79.2 cm³/mol. The number of amides is 1. The average Bonchev–Trinajstić information content (AvgIpc) is 3.23. The summed E-state index contributed by atoms with van der Waals surface area (Å²) in [6.45, 7) is 2.13. The van der Waals surface area contributed by atoms with Crippen LogP contribution in [0.3, 0.4) is 0 Å². The van der Waals surface area contributed by atoms with E-state index in [2.05, 4.69) is 23.3 Å². The van der Waals surface area contributed by atoms with E-state index in [1.54, 1.807) is 24.3 Å². The Morgan fingerprint density at radius 2 is 2.10 bits per heavy atom. The molecule has 1 N–H and O–H groups in total. The van der Waals surface area contributed by atoms with E-state index in [0.717, 1.165) is 31.1 Å². The highest BCUT2D eigenvalue weighted by Crippen LogP contribution is 2.29. The molecular weight excluding hydrogens is 250 g/mol. The SMILES string of the molecule is CN(CCCC(=O)Nc1ccc(C#N)cc1)CC1CC1. The molecule has 0 saturated heterocycles. The van der Waals surface area contributed by atoms with Gasteiger partial charge in [0.25, 0.3) is 0 Å². The highest BCUT2D eigenvalue weighted by atomic mass is 16.1. The minimum atomic E-state index is 0.0366. The number of carbonyl (C=O) groups excluding carboxylic acids is 1. The van der Waals surface area contributed by atoms with E-state index < -0.39 is 0 Å². The molecule has 0 atom stereocenters. The lowest BCUT2D eigenvalue weighted by atomic mass is 10.2. The number of hydrogen-bond acceptors (Lipinski definition) is 3. The van der Waals surface area contributed by atoms with E-state index in [1.807, 2.05) is 0 Å². The van der Waals surface area contributed by atoms with Crippen molar-refractivity contribution in [3.8, 4) is 6.07 Å². The second kappa shape index (κ2) is 7.06. The van der Waals surface area contributed by atoms with Crippen LogP contribution in [0.1, 0.15) is 31.2 Å². The molecule has 0 radical (unpaired) electrons. The fourth-order valence-corrected chi connectivity index (χ4v) is 2.19. The van der Waals surface area contributed by atoms with Gasteiger partial charge in [0.1, 0.15) is 0 Å². The topological polar surface area (TPSA) is 56.1 Å². The molecule has 1 aliphatic rings. The zero-order chi connectivity index (χ0) is 14.4. The van der Waals surface area contributed by atoms with Gasteiger partial charge in [-0.2, -0.15) is 5.26 Å². The number of hydrogen-bond donors (Lipinski definition) is 1. The predicted octanol–water partition coefficient (Wildman–Crippen LogP) is 2.62. The van der Waals surface area contributed by atoms with Gasteiger partial charge < -0.3 is 10.2 Å². The zero-order valence-corrected chi connectivity index (χ0v) is 11.9. The molecule has 0 aliphatic heterocycles. The summed E-state index contributed by atoms with van der Waals surface area (Å²) in [5.74, 6) is 0.932. The van der Waals surface area contributed by atoms with Crippen LogP contribution in [0.5, 0.6) is 0 Å². The summed E-state index contributed by atoms with van der Waals surface area (Å²) in [7, 11) is 2.12. The maximum absolute atomic E-state index is 11.8. The second-order valence-electron chi connectivity index (χ2n) is 5.55. The number of anilines is 1. The van der Waals surface area contributed by atoms with E-state index in [0.29, 0.717) is 12.0 Å². The van der Waals surface area contributed by atoms with Crippen LogP contribution in [-0.2, 0) is 4.79 Å². The Hall–Kier alpha value is -1.86. The standard InChI is InChI=1S/C16H21N3O/c1-19(12-14-4-5-14)10-2-3-16(20)18-15-8-6-13(11-17)7-9-15/h6-9,14H,2-5,10,12H2,1H3,(H,18,20). The van der Waals surface area contributed by atoms with E-state index in [9.17, 15) is 4.79 Å². The molecule has 4 nitrogen and oxygen atoms in total. The molecule has 0 heterocycles. The molecule has 2 rings (SSSR count). The largest absolute Gasteiger partial charge is 0.326 e. The van der Waals surface area contributed by atoms with E-state index in [-0.39, 0.29) is 5.91 Å². The van der Waals surface area contributed by atoms with Crippen LogP contribution in [0.25, 0.3) is 0 Å². The Morgan fingerprint density at radius 3 is 2.70 bits per heavy atom. The fourth-order valence-electron chi connectivity index (χ4n) is 2.19. The lowest BCUT2D eigenvalue weighted by Gasteiger charge is -2.15. The number of nitrogens with zero attached hydrogens (tertiary/aromatic N) is 2. The van der Waals surface area contributed by atoms with Crippen molar-refractivity contribution in [3.63, 3.8) is 0 Å². The number of benzene rings is 1. The van der Waals surface area contributed by atoms with Gasteiger partial charge in [0.2, 0.25) is 5.91 Å². The maximum atomic E-state index is 11.8. The zero-order valence-electron chi connectivity index (χ0n) is 11.9. The Kier molecular flexibility index (Phi) is 5.14. The van der Waals surface area contributed by atoms with Crippen molar-refractivity contribution in [2.24, 2.45) is 5.92 Å². The molecule has 0 unspecified atom stereocenters. The minimum absolute atomic E-state index is 0.0366. The van der Waals surface area contributed by atoms with Crippen LogP contribution < -0.4 is 5.32 Å². The first-order chi connectivity index (χ1) is 9.67. The van der Waals surface area contributed by atoms with Crippen molar-refractivity contribution in [2.45, 2.75) is 25.7 Å². The summed E-state index contributed by atoms with van der Waals surface area (Å²) in [4.78, 5) is 14.1. The second-order valence-corrected chi connectivity index (χ2v) is 5.55. The molecule has 1 aromatic rings. The molecule has 1 aliphatic carbocycles. The quantitative estimate of drug-likeness (QED) is 0.829. The van der Waals surface area contributed by atoms with Crippen molar-refractivity contribution < 1.29 is 4.79 Å². The lowest BCUT2D eigenvalue weighted by Crippen LogP contribution is -2.23. The van der Waals surface area contributed by atoms with Crippen LogP contribution >= 0.6 is 0 Å². The van der Waals surface area contributed by atoms with Crippen molar-refractivity contribution in [2.75, 3.05) is 25.5 Å². The summed E-state index contributed by atoms with van der Waals surface area (Å²) >= 11 is 0. The van der Waals surface area contributed by atoms with Crippen molar-refractivity contribution in [3.05, 3.63) is 29.8 Å². The summed E-state index contributed by atoms with van der Waals surface area (Å²) in [6, 6.07) is 8.99. The number of rotatable bonds is 7. The third-order valence-corrected chi connectivity index (χ3v) is 3.51. The molecule has 1 saturated carbocycles. The number of carbonyl (C=O) groups is 1. The van der Waals surface area contributed by atoms with Crippen LogP contribution in [0.4, 0.5) is 5.69 Å². The molecule has 20 heavy (non-hydrogen) atoms. The highest BCUT2D eigenvalue weighted by molar-refractivity contribution is 5.90. The van der Waals surface area contributed by atoms with Gasteiger partial charge in [0.05, 0.1) is 11.6 Å².